The molecule has 1 heterocycles. The van der Waals surface area contributed by atoms with E-state index in [0.717, 1.165) is 13.0 Å². The fraction of sp³-hybridized carbons (Fsp3) is 1.00. The Hall–Kier alpha value is -0.0800. The average Bonchev–Trinajstić information content (AvgIpc) is 1.89. The molecular formula is C9H21NO. The Balaban J connectivity index is 0.000000461. The van der Waals surface area contributed by atoms with Crippen molar-refractivity contribution in [3.63, 3.8) is 0 Å². The van der Waals surface area contributed by atoms with E-state index in [2.05, 4.69) is 19.2 Å². The zero-order chi connectivity index (χ0) is 8.91. The van der Waals surface area contributed by atoms with Gasteiger partial charge in [-0.15, -0.1) is 0 Å². The lowest BCUT2D eigenvalue weighted by atomic mass is 10.00. The summed E-state index contributed by atoms with van der Waals surface area (Å²) in [4.78, 5) is 0. The van der Waals surface area contributed by atoms with Gasteiger partial charge in [0, 0.05) is 5.54 Å². The zero-order valence-corrected chi connectivity index (χ0v) is 8.40. The van der Waals surface area contributed by atoms with Gasteiger partial charge < -0.3 is 4.74 Å². The summed E-state index contributed by atoms with van der Waals surface area (Å²) in [6, 6.07) is 0. The molecule has 0 amide bonds. The Morgan fingerprint density at radius 2 is 1.91 bits per heavy atom. The van der Waals surface area contributed by atoms with Crippen molar-refractivity contribution in [3.05, 3.63) is 0 Å². The molecule has 68 valence electrons. The molecule has 2 nitrogen and oxygen atoms in total. The van der Waals surface area contributed by atoms with Crippen LogP contribution >= 0.6 is 0 Å². The number of hydrogen-bond donors (Lipinski definition) is 1. The molecule has 1 fully saturated rings. The fourth-order valence-electron chi connectivity index (χ4n) is 1.15. The molecule has 0 aromatic carbocycles. The minimum Gasteiger partial charge on any atom is -0.364 e. The van der Waals surface area contributed by atoms with Crippen LogP contribution in [0.2, 0.25) is 0 Å². The predicted molar refractivity (Wildman–Crippen MR) is 48.6 cm³/mol. The van der Waals surface area contributed by atoms with Crippen LogP contribution in [0.4, 0.5) is 0 Å². The van der Waals surface area contributed by atoms with Gasteiger partial charge in [0.25, 0.3) is 0 Å². The van der Waals surface area contributed by atoms with Gasteiger partial charge in [0.15, 0.2) is 0 Å². The van der Waals surface area contributed by atoms with Crippen molar-refractivity contribution >= 4 is 0 Å². The summed E-state index contributed by atoms with van der Waals surface area (Å²) in [5.41, 5.74) is 0.275. The highest BCUT2D eigenvalue weighted by Crippen LogP contribution is 2.14. The van der Waals surface area contributed by atoms with Gasteiger partial charge in [0.2, 0.25) is 0 Å². The van der Waals surface area contributed by atoms with Crippen molar-refractivity contribution in [1.29, 1.82) is 0 Å². The Morgan fingerprint density at radius 1 is 1.36 bits per heavy atom. The van der Waals surface area contributed by atoms with Crippen molar-refractivity contribution in [1.82, 2.24) is 5.32 Å². The molecule has 11 heavy (non-hydrogen) atoms. The molecule has 1 aliphatic rings. The molecule has 0 aromatic heterocycles. The Bertz CT molecular complexity index is 102. The zero-order valence-electron chi connectivity index (χ0n) is 8.40. The quantitative estimate of drug-likeness (QED) is 0.584. The topological polar surface area (TPSA) is 21.3 Å². The summed E-state index contributed by atoms with van der Waals surface area (Å²) in [6.07, 6.45) is 1.34. The molecule has 1 rings (SSSR count). The summed E-state index contributed by atoms with van der Waals surface area (Å²) >= 11 is 0. The lowest BCUT2D eigenvalue weighted by molar-refractivity contribution is -0.0276. The molecule has 1 saturated heterocycles. The molecule has 1 atom stereocenters. The van der Waals surface area contributed by atoms with Crippen molar-refractivity contribution < 1.29 is 4.74 Å². The molecule has 1 unspecified atom stereocenters. The van der Waals surface area contributed by atoms with Gasteiger partial charge in [-0.25, -0.2) is 0 Å². The molecule has 1 N–H and O–H groups in total. The van der Waals surface area contributed by atoms with E-state index in [0.29, 0.717) is 0 Å². The van der Waals surface area contributed by atoms with Gasteiger partial charge in [-0.05, 0) is 27.2 Å². The van der Waals surface area contributed by atoms with Gasteiger partial charge in [0.1, 0.15) is 6.23 Å². The molecule has 0 bridgehead atoms. The normalized spacial score (nSPS) is 28.6. The third-order valence-electron chi connectivity index (χ3n) is 1.69. The van der Waals surface area contributed by atoms with Crippen LogP contribution in [0, 0.1) is 0 Å². The van der Waals surface area contributed by atoms with Crippen molar-refractivity contribution in [2.75, 3.05) is 6.61 Å². The second kappa shape index (κ2) is 4.73. The van der Waals surface area contributed by atoms with Crippen LogP contribution in [0.25, 0.3) is 0 Å². The summed E-state index contributed by atoms with van der Waals surface area (Å²) in [6.45, 7) is 11.3. The number of nitrogens with one attached hydrogen (secondary N) is 1. The van der Waals surface area contributed by atoms with Crippen molar-refractivity contribution in [2.24, 2.45) is 0 Å². The third-order valence-corrected chi connectivity index (χ3v) is 1.69. The van der Waals surface area contributed by atoms with Gasteiger partial charge >= 0.3 is 0 Å². The van der Waals surface area contributed by atoms with Gasteiger partial charge in [-0.1, -0.05) is 13.8 Å². The van der Waals surface area contributed by atoms with E-state index in [1.165, 1.54) is 0 Å². The molecule has 0 spiro atoms. The van der Waals surface area contributed by atoms with Crippen LogP contribution in [-0.2, 0) is 4.74 Å². The first kappa shape index (κ1) is 10.9. The number of hydrogen-bond acceptors (Lipinski definition) is 2. The first-order valence-corrected chi connectivity index (χ1v) is 4.49. The number of rotatable bonds is 0. The van der Waals surface area contributed by atoms with Crippen molar-refractivity contribution in [3.8, 4) is 0 Å². The van der Waals surface area contributed by atoms with Gasteiger partial charge in [-0.2, -0.15) is 0 Å². The van der Waals surface area contributed by atoms with E-state index in [9.17, 15) is 0 Å². The maximum atomic E-state index is 5.30. The SMILES string of the molecule is CC.CC1NC(C)(C)CCO1. The molecule has 0 radical (unpaired) electrons. The lowest BCUT2D eigenvalue weighted by Crippen LogP contribution is -2.50. The molecule has 0 saturated carbocycles. The second-order valence-electron chi connectivity index (χ2n) is 3.29. The first-order valence-electron chi connectivity index (χ1n) is 4.49. The fourth-order valence-corrected chi connectivity index (χ4v) is 1.15. The molecule has 0 aliphatic carbocycles. The van der Waals surface area contributed by atoms with Crippen LogP contribution in [0.15, 0.2) is 0 Å². The van der Waals surface area contributed by atoms with E-state index >= 15 is 0 Å². The van der Waals surface area contributed by atoms with E-state index in [4.69, 9.17) is 4.74 Å². The Kier molecular flexibility index (Phi) is 4.69. The first-order chi connectivity index (χ1) is 5.10. The van der Waals surface area contributed by atoms with Crippen LogP contribution in [0.1, 0.15) is 41.0 Å². The molecular weight excluding hydrogens is 138 g/mol. The smallest absolute Gasteiger partial charge is 0.105 e. The van der Waals surface area contributed by atoms with Crippen LogP contribution in [0.3, 0.4) is 0 Å². The van der Waals surface area contributed by atoms with Crippen LogP contribution < -0.4 is 5.32 Å². The van der Waals surface area contributed by atoms with E-state index in [-0.39, 0.29) is 11.8 Å². The molecule has 1 aliphatic heterocycles. The summed E-state index contributed by atoms with van der Waals surface area (Å²) in [7, 11) is 0. The Morgan fingerprint density at radius 3 is 2.18 bits per heavy atom. The maximum absolute atomic E-state index is 5.30. The monoisotopic (exact) mass is 159 g/mol. The average molecular weight is 159 g/mol. The summed E-state index contributed by atoms with van der Waals surface area (Å²) < 4.78 is 5.30. The van der Waals surface area contributed by atoms with E-state index in [1.54, 1.807) is 0 Å². The molecule has 2 heteroatoms. The minimum atomic E-state index is 0.230. The largest absolute Gasteiger partial charge is 0.364 e. The van der Waals surface area contributed by atoms with Crippen LogP contribution in [-0.4, -0.2) is 18.4 Å². The lowest BCUT2D eigenvalue weighted by Gasteiger charge is -2.35. The second-order valence-corrected chi connectivity index (χ2v) is 3.29. The summed E-state index contributed by atoms with van der Waals surface area (Å²) in [5.74, 6) is 0. The maximum Gasteiger partial charge on any atom is 0.105 e. The highest BCUT2D eigenvalue weighted by molar-refractivity contribution is 4.80. The standard InChI is InChI=1S/C7H15NO.C2H6/c1-6-8-7(2,3)4-5-9-6;1-2/h6,8H,4-5H2,1-3H3;1-2H3. The van der Waals surface area contributed by atoms with Crippen LogP contribution in [0.5, 0.6) is 0 Å². The molecule has 0 aromatic rings. The third kappa shape index (κ3) is 4.38. The number of ether oxygens (including phenoxy) is 1. The van der Waals surface area contributed by atoms with E-state index < -0.39 is 0 Å². The van der Waals surface area contributed by atoms with Crippen molar-refractivity contribution in [2.45, 2.75) is 52.8 Å². The van der Waals surface area contributed by atoms with Gasteiger partial charge in [-0.3, -0.25) is 5.32 Å². The minimum absolute atomic E-state index is 0.230. The summed E-state index contributed by atoms with van der Waals surface area (Å²) in [5, 5.41) is 3.33. The predicted octanol–water partition coefficient (Wildman–Crippen LogP) is 2.15. The van der Waals surface area contributed by atoms with Gasteiger partial charge in [0.05, 0.1) is 6.61 Å². The highest BCUT2D eigenvalue weighted by Gasteiger charge is 2.24. The highest BCUT2D eigenvalue weighted by atomic mass is 16.5. The Labute approximate surface area is 70.3 Å². The van der Waals surface area contributed by atoms with E-state index in [1.807, 2.05) is 20.8 Å².